The average molecular weight is 325 g/mol. The van der Waals surface area contributed by atoms with Crippen molar-refractivity contribution in [3.05, 3.63) is 51.2 Å². The Kier molecular flexibility index (Phi) is 3.78. The minimum Gasteiger partial charge on any atom is -0.486 e. The van der Waals surface area contributed by atoms with Crippen molar-refractivity contribution in [3.63, 3.8) is 0 Å². The molecule has 0 atom stereocenters. The highest BCUT2D eigenvalue weighted by Gasteiger charge is 2.08. The topological polar surface area (TPSA) is 35.0 Å². The number of aromatic nitrogens is 2. The van der Waals surface area contributed by atoms with Crippen LogP contribution < -0.4 is 4.74 Å². The van der Waals surface area contributed by atoms with Gasteiger partial charge in [0.15, 0.2) is 5.82 Å². The van der Waals surface area contributed by atoms with E-state index in [4.69, 9.17) is 27.9 Å². The largest absolute Gasteiger partial charge is 0.486 e. The summed E-state index contributed by atoms with van der Waals surface area (Å²) in [6.07, 6.45) is 0. The molecule has 3 aromatic rings. The Bertz CT molecular complexity index is 773. The molecule has 0 aliphatic heterocycles. The van der Waals surface area contributed by atoms with Gasteiger partial charge in [0.05, 0.1) is 0 Å². The van der Waals surface area contributed by atoms with E-state index in [0.717, 1.165) is 26.6 Å². The molecule has 0 N–H and O–H groups in total. The molecule has 0 fully saturated rings. The van der Waals surface area contributed by atoms with Gasteiger partial charge in [-0.15, -0.1) is 11.3 Å². The number of nitrogens with zero attached hydrogens (tertiary/aromatic N) is 2. The number of rotatable bonds is 3. The fraction of sp³-hybridized carbons (Fsp3) is 0.143. The normalized spacial score (nSPS) is 10.9. The predicted octanol–water partition coefficient (Wildman–Crippen LogP) is 4.89. The van der Waals surface area contributed by atoms with Crippen molar-refractivity contribution in [2.45, 2.75) is 13.5 Å². The summed E-state index contributed by atoms with van der Waals surface area (Å²) in [5.74, 6) is 1.30. The molecule has 0 amide bonds. The van der Waals surface area contributed by atoms with E-state index in [1.807, 2.05) is 36.6 Å². The summed E-state index contributed by atoms with van der Waals surface area (Å²) in [4.78, 5) is 9.53. The number of benzene rings is 1. The predicted molar refractivity (Wildman–Crippen MR) is 82.9 cm³/mol. The zero-order chi connectivity index (χ0) is 14.1. The maximum absolute atomic E-state index is 6.11. The first-order chi connectivity index (χ1) is 9.63. The zero-order valence-electron chi connectivity index (χ0n) is 10.6. The Balaban J connectivity index is 1.80. The van der Waals surface area contributed by atoms with Gasteiger partial charge in [0.25, 0.3) is 0 Å². The fourth-order valence-electron chi connectivity index (χ4n) is 1.78. The van der Waals surface area contributed by atoms with Crippen LogP contribution in [0.4, 0.5) is 0 Å². The van der Waals surface area contributed by atoms with Gasteiger partial charge in [-0.3, -0.25) is 0 Å². The molecular weight excluding hydrogens is 315 g/mol. The van der Waals surface area contributed by atoms with Gasteiger partial charge in [-0.2, -0.15) is 0 Å². The monoisotopic (exact) mass is 324 g/mol. The average Bonchev–Trinajstić information content (AvgIpc) is 2.89. The fourth-order valence-corrected chi connectivity index (χ4v) is 2.99. The molecule has 1 aromatic carbocycles. The SMILES string of the molecule is Cc1cc(OCc2nc(Cl)c3ccsc3n2)ccc1Cl. The highest BCUT2D eigenvalue weighted by Crippen LogP contribution is 2.25. The van der Waals surface area contributed by atoms with Crippen molar-refractivity contribution in [1.82, 2.24) is 9.97 Å². The van der Waals surface area contributed by atoms with E-state index in [1.165, 1.54) is 11.3 Å². The van der Waals surface area contributed by atoms with Crippen LogP contribution in [-0.4, -0.2) is 9.97 Å². The molecule has 0 radical (unpaired) electrons. The lowest BCUT2D eigenvalue weighted by atomic mass is 10.2. The third-order valence-corrected chi connectivity index (χ3v) is 4.34. The molecule has 20 heavy (non-hydrogen) atoms. The van der Waals surface area contributed by atoms with Gasteiger partial charge in [-0.1, -0.05) is 23.2 Å². The molecule has 102 valence electrons. The van der Waals surface area contributed by atoms with Crippen molar-refractivity contribution < 1.29 is 4.74 Å². The van der Waals surface area contributed by atoms with E-state index < -0.39 is 0 Å². The molecule has 0 saturated carbocycles. The van der Waals surface area contributed by atoms with Gasteiger partial charge in [-0.05, 0) is 42.1 Å². The van der Waals surface area contributed by atoms with Gasteiger partial charge in [0, 0.05) is 10.4 Å². The summed E-state index contributed by atoms with van der Waals surface area (Å²) in [6, 6.07) is 7.42. The van der Waals surface area contributed by atoms with E-state index in [9.17, 15) is 0 Å². The number of fused-ring (bicyclic) bond motifs is 1. The highest BCUT2D eigenvalue weighted by atomic mass is 35.5. The van der Waals surface area contributed by atoms with Crippen LogP contribution in [0.25, 0.3) is 10.2 Å². The summed E-state index contributed by atoms with van der Waals surface area (Å²) in [6.45, 7) is 2.20. The quantitative estimate of drug-likeness (QED) is 0.643. The number of halogens is 2. The van der Waals surface area contributed by atoms with Crippen molar-refractivity contribution in [2.75, 3.05) is 0 Å². The molecule has 0 spiro atoms. The molecular formula is C14H10Cl2N2OS. The van der Waals surface area contributed by atoms with E-state index in [2.05, 4.69) is 9.97 Å². The minimum atomic E-state index is 0.272. The van der Waals surface area contributed by atoms with Gasteiger partial charge in [-0.25, -0.2) is 9.97 Å². The lowest BCUT2D eigenvalue weighted by Gasteiger charge is -2.07. The molecule has 0 unspecified atom stereocenters. The van der Waals surface area contributed by atoms with Gasteiger partial charge < -0.3 is 4.74 Å². The Morgan fingerprint density at radius 3 is 2.85 bits per heavy atom. The van der Waals surface area contributed by atoms with Gasteiger partial charge in [0.1, 0.15) is 22.3 Å². The van der Waals surface area contributed by atoms with Crippen LogP contribution in [0.15, 0.2) is 29.6 Å². The van der Waals surface area contributed by atoms with Crippen molar-refractivity contribution >= 4 is 44.8 Å². The Labute approximate surface area is 130 Å². The standard InChI is InChI=1S/C14H10Cl2N2OS/c1-8-6-9(2-3-11(8)15)19-7-12-17-13(16)10-4-5-20-14(10)18-12/h2-6H,7H2,1H3. The number of hydrogen-bond acceptors (Lipinski definition) is 4. The molecule has 0 saturated heterocycles. The molecule has 0 bridgehead atoms. The second-order valence-electron chi connectivity index (χ2n) is 4.27. The molecule has 2 aromatic heterocycles. The van der Waals surface area contributed by atoms with Crippen LogP contribution in [0.3, 0.4) is 0 Å². The summed E-state index contributed by atoms with van der Waals surface area (Å²) in [5, 5.41) is 4.00. The van der Waals surface area contributed by atoms with Crippen molar-refractivity contribution in [3.8, 4) is 5.75 Å². The summed E-state index contributed by atoms with van der Waals surface area (Å²) in [5.41, 5.74) is 0.969. The molecule has 0 aliphatic carbocycles. The summed E-state index contributed by atoms with van der Waals surface area (Å²) >= 11 is 13.6. The van der Waals surface area contributed by atoms with E-state index >= 15 is 0 Å². The van der Waals surface area contributed by atoms with Crippen LogP contribution in [0.2, 0.25) is 10.2 Å². The third-order valence-electron chi connectivity index (χ3n) is 2.82. The first kappa shape index (κ1) is 13.6. The number of thiophene rings is 1. The molecule has 0 aliphatic rings. The molecule has 6 heteroatoms. The van der Waals surface area contributed by atoms with Crippen LogP contribution in [-0.2, 0) is 6.61 Å². The molecule has 3 rings (SSSR count). The number of ether oxygens (including phenoxy) is 1. The maximum Gasteiger partial charge on any atom is 0.169 e. The van der Waals surface area contributed by atoms with Crippen LogP contribution in [0.5, 0.6) is 5.75 Å². The maximum atomic E-state index is 6.11. The van der Waals surface area contributed by atoms with Crippen molar-refractivity contribution in [1.29, 1.82) is 0 Å². The summed E-state index contributed by atoms with van der Waals surface area (Å²) < 4.78 is 5.67. The van der Waals surface area contributed by atoms with Crippen LogP contribution >= 0.6 is 34.5 Å². The first-order valence-corrected chi connectivity index (χ1v) is 7.55. The molecule has 3 nitrogen and oxygen atoms in total. The molecule has 2 heterocycles. The van der Waals surface area contributed by atoms with Crippen LogP contribution in [0.1, 0.15) is 11.4 Å². The van der Waals surface area contributed by atoms with E-state index in [1.54, 1.807) is 0 Å². The minimum absolute atomic E-state index is 0.272. The third kappa shape index (κ3) is 2.73. The lowest BCUT2D eigenvalue weighted by molar-refractivity contribution is 0.296. The van der Waals surface area contributed by atoms with Gasteiger partial charge in [0.2, 0.25) is 0 Å². The smallest absolute Gasteiger partial charge is 0.169 e. The second-order valence-corrected chi connectivity index (χ2v) is 5.93. The van der Waals surface area contributed by atoms with Crippen molar-refractivity contribution in [2.24, 2.45) is 0 Å². The zero-order valence-corrected chi connectivity index (χ0v) is 12.9. The van der Waals surface area contributed by atoms with E-state index in [0.29, 0.717) is 11.0 Å². The number of aryl methyl sites for hydroxylation is 1. The Morgan fingerprint density at radius 2 is 2.05 bits per heavy atom. The second kappa shape index (κ2) is 5.56. The highest BCUT2D eigenvalue weighted by molar-refractivity contribution is 7.16. The Hall–Kier alpha value is -1.36. The first-order valence-electron chi connectivity index (χ1n) is 5.92. The lowest BCUT2D eigenvalue weighted by Crippen LogP contribution is -2.01. The number of hydrogen-bond donors (Lipinski definition) is 0. The van der Waals surface area contributed by atoms with E-state index in [-0.39, 0.29) is 6.61 Å². The van der Waals surface area contributed by atoms with Gasteiger partial charge >= 0.3 is 0 Å². The Morgan fingerprint density at radius 1 is 1.20 bits per heavy atom. The summed E-state index contributed by atoms with van der Waals surface area (Å²) in [7, 11) is 0. The van der Waals surface area contributed by atoms with Crippen LogP contribution in [0, 0.1) is 6.92 Å².